The molecule has 0 bridgehead atoms. The number of carbonyl (C=O) groups is 1. The molecule has 21 heavy (non-hydrogen) atoms. The minimum absolute atomic E-state index is 0.109. The van der Waals surface area contributed by atoms with Gasteiger partial charge in [0.05, 0.1) is 12.5 Å². The highest BCUT2D eigenvalue weighted by Crippen LogP contribution is 2.11. The average molecular weight is 295 g/mol. The molecule has 1 amide bonds. The molecule has 1 aliphatic heterocycles. The highest BCUT2D eigenvalue weighted by molar-refractivity contribution is 5.79. The molecule has 1 aliphatic rings. The van der Waals surface area contributed by atoms with Crippen LogP contribution < -0.4 is 5.73 Å². The summed E-state index contributed by atoms with van der Waals surface area (Å²) >= 11 is 0. The predicted octanol–water partition coefficient (Wildman–Crippen LogP) is 0.260. The summed E-state index contributed by atoms with van der Waals surface area (Å²) in [4.78, 5) is 20.7. The lowest BCUT2D eigenvalue weighted by Gasteiger charge is -2.36. The maximum atomic E-state index is 12.2. The SMILES string of the molecule is CCc1nc(CN2CCN(C(=O)C(C)C(C)N)CC2)no1. The van der Waals surface area contributed by atoms with Crippen LogP contribution in [0, 0.1) is 5.92 Å². The van der Waals surface area contributed by atoms with Crippen molar-refractivity contribution in [1.29, 1.82) is 0 Å². The molecular weight excluding hydrogens is 270 g/mol. The van der Waals surface area contributed by atoms with Crippen molar-refractivity contribution in [2.45, 2.75) is 39.8 Å². The van der Waals surface area contributed by atoms with Gasteiger partial charge >= 0.3 is 0 Å². The van der Waals surface area contributed by atoms with E-state index in [1.165, 1.54) is 0 Å². The zero-order valence-corrected chi connectivity index (χ0v) is 13.1. The van der Waals surface area contributed by atoms with Gasteiger partial charge in [-0.05, 0) is 6.92 Å². The Morgan fingerprint density at radius 3 is 2.52 bits per heavy atom. The molecule has 2 heterocycles. The van der Waals surface area contributed by atoms with E-state index in [-0.39, 0.29) is 17.9 Å². The van der Waals surface area contributed by atoms with Crippen molar-refractivity contribution in [3.8, 4) is 0 Å². The van der Waals surface area contributed by atoms with Crippen molar-refractivity contribution in [3.63, 3.8) is 0 Å². The van der Waals surface area contributed by atoms with Gasteiger partial charge in [-0.2, -0.15) is 4.98 Å². The van der Waals surface area contributed by atoms with E-state index in [9.17, 15) is 4.79 Å². The van der Waals surface area contributed by atoms with E-state index in [2.05, 4.69) is 15.0 Å². The zero-order chi connectivity index (χ0) is 15.4. The fraction of sp³-hybridized carbons (Fsp3) is 0.786. The Morgan fingerprint density at radius 2 is 2.00 bits per heavy atom. The number of aromatic nitrogens is 2. The third kappa shape index (κ3) is 4.01. The van der Waals surface area contributed by atoms with Crippen LogP contribution in [0.2, 0.25) is 0 Å². The average Bonchev–Trinajstić information content (AvgIpc) is 2.94. The standard InChI is InChI=1S/C14H25N5O2/c1-4-13-16-12(17-21-13)9-18-5-7-19(8-6-18)14(20)10(2)11(3)15/h10-11H,4-9,15H2,1-3H3. The van der Waals surface area contributed by atoms with Crippen LogP contribution in [0.1, 0.15) is 32.5 Å². The second-order valence-corrected chi connectivity index (χ2v) is 5.71. The van der Waals surface area contributed by atoms with Gasteiger partial charge in [0, 0.05) is 38.6 Å². The first-order valence-corrected chi connectivity index (χ1v) is 7.59. The summed E-state index contributed by atoms with van der Waals surface area (Å²) in [5.41, 5.74) is 5.80. The lowest BCUT2D eigenvalue weighted by Crippen LogP contribution is -2.51. The molecule has 0 aromatic carbocycles. The zero-order valence-electron chi connectivity index (χ0n) is 13.1. The summed E-state index contributed by atoms with van der Waals surface area (Å²) in [6.45, 7) is 9.55. The van der Waals surface area contributed by atoms with Gasteiger partial charge in [-0.15, -0.1) is 0 Å². The third-order valence-electron chi connectivity index (χ3n) is 4.04. The van der Waals surface area contributed by atoms with Crippen LogP contribution in [-0.2, 0) is 17.8 Å². The third-order valence-corrected chi connectivity index (χ3v) is 4.04. The van der Waals surface area contributed by atoms with Gasteiger partial charge < -0.3 is 15.2 Å². The number of piperazine rings is 1. The lowest BCUT2D eigenvalue weighted by atomic mass is 10.0. The number of rotatable bonds is 5. The number of carbonyl (C=O) groups excluding carboxylic acids is 1. The summed E-state index contributed by atoms with van der Waals surface area (Å²) < 4.78 is 5.11. The Kier molecular flexibility index (Phi) is 5.30. The topological polar surface area (TPSA) is 88.5 Å². The Hall–Kier alpha value is -1.47. The Bertz CT molecular complexity index is 466. The van der Waals surface area contributed by atoms with Crippen LogP contribution >= 0.6 is 0 Å². The minimum Gasteiger partial charge on any atom is -0.340 e. The van der Waals surface area contributed by atoms with E-state index >= 15 is 0 Å². The first kappa shape index (κ1) is 15.9. The molecule has 2 atom stereocenters. The molecule has 2 unspecified atom stereocenters. The Labute approximate surface area is 125 Å². The number of aryl methyl sites for hydroxylation is 1. The first-order chi connectivity index (χ1) is 10.0. The van der Waals surface area contributed by atoms with E-state index in [1.807, 2.05) is 25.7 Å². The lowest BCUT2D eigenvalue weighted by molar-refractivity contribution is -0.137. The fourth-order valence-corrected chi connectivity index (χ4v) is 2.34. The van der Waals surface area contributed by atoms with Gasteiger partial charge in [-0.25, -0.2) is 0 Å². The van der Waals surface area contributed by atoms with Crippen molar-refractivity contribution in [2.24, 2.45) is 11.7 Å². The van der Waals surface area contributed by atoms with E-state index in [0.717, 1.165) is 38.4 Å². The molecule has 2 N–H and O–H groups in total. The molecule has 1 aromatic rings. The fourth-order valence-electron chi connectivity index (χ4n) is 2.34. The molecule has 0 saturated carbocycles. The highest BCUT2D eigenvalue weighted by atomic mass is 16.5. The van der Waals surface area contributed by atoms with Crippen molar-refractivity contribution >= 4 is 5.91 Å². The predicted molar refractivity (Wildman–Crippen MR) is 78.3 cm³/mol. The molecule has 7 heteroatoms. The first-order valence-electron chi connectivity index (χ1n) is 7.59. The maximum absolute atomic E-state index is 12.2. The van der Waals surface area contributed by atoms with Gasteiger partial charge in [0.1, 0.15) is 0 Å². The molecule has 1 aromatic heterocycles. The summed E-state index contributed by atoms with van der Waals surface area (Å²) in [6, 6.07) is -0.109. The van der Waals surface area contributed by atoms with E-state index < -0.39 is 0 Å². The highest BCUT2D eigenvalue weighted by Gasteiger charge is 2.27. The van der Waals surface area contributed by atoms with Crippen LogP contribution in [0.5, 0.6) is 0 Å². The second kappa shape index (κ2) is 7.00. The van der Waals surface area contributed by atoms with Gasteiger partial charge in [0.2, 0.25) is 11.8 Å². The summed E-state index contributed by atoms with van der Waals surface area (Å²) in [5, 5.41) is 3.96. The smallest absolute Gasteiger partial charge is 0.227 e. The van der Waals surface area contributed by atoms with Crippen molar-refractivity contribution in [2.75, 3.05) is 26.2 Å². The Morgan fingerprint density at radius 1 is 1.33 bits per heavy atom. The van der Waals surface area contributed by atoms with Crippen LogP contribution in [0.4, 0.5) is 0 Å². The Balaban J connectivity index is 1.81. The molecule has 0 aliphatic carbocycles. The minimum atomic E-state index is -0.124. The number of nitrogens with two attached hydrogens (primary N) is 1. The summed E-state index contributed by atoms with van der Waals surface area (Å²) in [6.07, 6.45) is 0.754. The number of hydrogen-bond donors (Lipinski definition) is 1. The normalized spacial score (nSPS) is 19.5. The van der Waals surface area contributed by atoms with Crippen LogP contribution in [-0.4, -0.2) is 58.1 Å². The molecule has 118 valence electrons. The summed E-state index contributed by atoms with van der Waals surface area (Å²) in [7, 11) is 0. The molecule has 1 saturated heterocycles. The van der Waals surface area contributed by atoms with Crippen LogP contribution in [0.25, 0.3) is 0 Å². The number of hydrogen-bond acceptors (Lipinski definition) is 6. The summed E-state index contributed by atoms with van der Waals surface area (Å²) in [5.74, 6) is 1.42. The van der Waals surface area contributed by atoms with E-state index in [4.69, 9.17) is 10.3 Å². The van der Waals surface area contributed by atoms with Crippen molar-refractivity contribution in [1.82, 2.24) is 19.9 Å². The van der Waals surface area contributed by atoms with Crippen molar-refractivity contribution < 1.29 is 9.32 Å². The van der Waals surface area contributed by atoms with Crippen LogP contribution in [0.3, 0.4) is 0 Å². The number of amides is 1. The van der Waals surface area contributed by atoms with Crippen molar-refractivity contribution in [3.05, 3.63) is 11.7 Å². The van der Waals surface area contributed by atoms with Gasteiger partial charge in [-0.1, -0.05) is 19.0 Å². The second-order valence-electron chi connectivity index (χ2n) is 5.71. The molecule has 1 fully saturated rings. The van der Waals surface area contributed by atoms with Gasteiger partial charge in [0.25, 0.3) is 0 Å². The molecule has 0 radical (unpaired) electrons. The van der Waals surface area contributed by atoms with Crippen LogP contribution in [0.15, 0.2) is 4.52 Å². The molecule has 0 spiro atoms. The monoisotopic (exact) mass is 295 g/mol. The molecule has 2 rings (SSSR count). The van der Waals surface area contributed by atoms with Gasteiger partial charge in [-0.3, -0.25) is 9.69 Å². The van der Waals surface area contributed by atoms with E-state index in [1.54, 1.807) is 0 Å². The van der Waals surface area contributed by atoms with Gasteiger partial charge in [0.15, 0.2) is 5.82 Å². The maximum Gasteiger partial charge on any atom is 0.227 e. The molecule has 7 nitrogen and oxygen atoms in total. The number of nitrogens with zero attached hydrogens (tertiary/aromatic N) is 4. The molecular formula is C14H25N5O2. The quantitative estimate of drug-likeness (QED) is 0.838. The van der Waals surface area contributed by atoms with E-state index in [0.29, 0.717) is 12.4 Å². The largest absolute Gasteiger partial charge is 0.340 e.